The van der Waals surface area contributed by atoms with E-state index in [0.29, 0.717) is 12.5 Å². The van der Waals surface area contributed by atoms with Crippen LogP contribution in [0.5, 0.6) is 0 Å². The van der Waals surface area contributed by atoms with Crippen LogP contribution in [0.25, 0.3) is 0 Å². The number of likely N-dealkylation sites (tertiary alicyclic amines) is 2. The zero-order chi connectivity index (χ0) is 17.6. The minimum atomic E-state index is 0.0516. The Balaban J connectivity index is 1.58. The molecule has 1 aromatic carbocycles. The van der Waals surface area contributed by atoms with Gasteiger partial charge < -0.3 is 15.3 Å². The minimum absolute atomic E-state index is 0.0516. The summed E-state index contributed by atoms with van der Waals surface area (Å²) < 4.78 is 0. The average Bonchev–Trinajstić information content (AvgIpc) is 3.08. The molecule has 3 rings (SSSR count). The Kier molecular flexibility index (Phi) is 6.32. The third-order valence-corrected chi connectivity index (χ3v) is 5.58. The Morgan fingerprint density at radius 3 is 2.72 bits per heavy atom. The highest BCUT2D eigenvalue weighted by Crippen LogP contribution is 2.21. The zero-order valence-corrected chi connectivity index (χ0v) is 15.3. The third-order valence-electron chi connectivity index (χ3n) is 5.58. The van der Waals surface area contributed by atoms with Gasteiger partial charge in [-0.25, -0.2) is 4.79 Å². The average molecular weight is 345 g/mol. The monoisotopic (exact) mass is 345 g/mol. The Morgan fingerprint density at radius 2 is 1.96 bits per heavy atom. The van der Waals surface area contributed by atoms with Gasteiger partial charge in [0.25, 0.3) is 0 Å². The molecule has 0 unspecified atom stereocenters. The van der Waals surface area contributed by atoms with Gasteiger partial charge in [0.1, 0.15) is 0 Å². The number of urea groups is 1. The number of hydrogen-bond acceptors (Lipinski definition) is 3. The molecule has 2 fully saturated rings. The number of aliphatic hydroxyl groups is 1. The number of carbonyl (C=O) groups excluding carboxylic acids is 1. The molecule has 2 aliphatic rings. The Labute approximate surface area is 151 Å². The van der Waals surface area contributed by atoms with Crippen LogP contribution in [-0.4, -0.2) is 53.2 Å². The summed E-state index contributed by atoms with van der Waals surface area (Å²) in [6.45, 7) is 6.62. The molecule has 5 nitrogen and oxygen atoms in total. The molecule has 2 amide bonds. The zero-order valence-electron chi connectivity index (χ0n) is 15.3. The van der Waals surface area contributed by atoms with Gasteiger partial charge in [-0.15, -0.1) is 0 Å². The molecule has 5 heteroatoms. The highest BCUT2D eigenvalue weighted by Gasteiger charge is 2.24. The Bertz CT molecular complexity index is 578. The van der Waals surface area contributed by atoms with E-state index in [4.69, 9.17) is 0 Å². The first-order valence-corrected chi connectivity index (χ1v) is 9.62. The van der Waals surface area contributed by atoms with Crippen molar-refractivity contribution in [3.63, 3.8) is 0 Å². The van der Waals surface area contributed by atoms with E-state index in [1.807, 2.05) is 11.0 Å². The van der Waals surface area contributed by atoms with Crippen LogP contribution < -0.4 is 5.32 Å². The van der Waals surface area contributed by atoms with Gasteiger partial charge in [-0.2, -0.15) is 0 Å². The lowest BCUT2D eigenvalue weighted by Gasteiger charge is -2.31. The summed E-state index contributed by atoms with van der Waals surface area (Å²) in [7, 11) is 0. The van der Waals surface area contributed by atoms with Gasteiger partial charge in [0.05, 0.1) is 6.61 Å². The molecular formula is C20H31N3O2. The second-order valence-corrected chi connectivity index (χ2v) is 7.57. The molecule has 0 saturated carbocycles. The molecule has 0 bridgehead atoms. The van der Waals surface area contributed by atoms with E-state index >= 15 is 0 Å². The number of carbonyl (C=O) groups is 1. The minimum Gasteiger partial charge on any atom is -0.395 e. The lowest BCUT2D eigenvalue weighted by Crippen LogP contribution is -2.44. The first-order valence-electron chi connectivity index (χ1n) is 9.62. The normalized spacial score (nSPS) is 24.5. The largest absolute Gasteiger partial charge is 0.395 e. The molecule has 1 aromatic rings. The molecule has 2 saturated heterocycles. The van der Waals surface area contributed by atoms with Crippen molar-refractivity contribution in [3.8, 4) is 0 Å². The highest BCUT2D eigenvalue weighted by molar-refractivity contribution is 5.74. The van der Waals surface area contributed by atoms with E-state index in [1.54, 1.807) is 0 Å². The molecule has 25 heavy (non-hydrogen) atoms. The van der Waals surface area contributed by atoms with Crippen LogP contribution in [0.4, 0.5) is 4.79 Å². The summed E-state index contributed by atoms with van der Waals surface area (Å²) in [5.41, 5.74) is 2.42. The summed E-state index contributed by atoms with van der Waals surface area (Å²) in [5, 5.41) is 12.6. The highest BCUT2D eigenvalue weighted by atomic mass is 16.3. The van der Waals surface area contributed by atoms with Crippen molar-refractivity contribution < 1.29 is 9.90 Å². The van der Waals surface area contributed by atoms with Crippen molar-refractivity contribution in [1.29, 1.82) is 0 Å². The van der Waals surface area contributed by atoms with E-state index < -0.39 is 0 Å². The molecule has 2 atom stereocenters. The number of rotatable bonds is 5. The maximum atomic E-state index is 12.4. The lowest BCUT2D eigenvalue weighted by molar-refractivity contribution is 0.153. The number of nitrogens with one attached hydrogen (secondary N) is 1. The van der Waals surface area contributed by atoms with E-state index in [1.165, 1.54) is 17.5 Å². The van der Waals surface area contributed by atoms with Crippen molar-refractivity contribution in [3.05, 3.63) is 35.4 Å². The summed E-state index contributed by atoms with van der Waals surface area (Å²) in [6.07, 6.45) is 4.54. The van der Waals surface area contributed by atoms with Gasteiger partial charge in [0, 0.05) is 32.2 Å². The van der Waals surface area contributed by atoms with Crippen LogP contribution in [0, 0.1) is 5.92 Å². The maximum Gasteiger partial charge on any atom is 0.317 e. The van der Waals surface area contributed by atoms with Crippen LogP contribution in [-0.2, 0) is 13.1 Å². The van der Waals surface area contributed by atoms with Crippen LogP contribution in [0.3, 0.4) is 0 Å². The number of hydrogen-bond donors (Lipinski definition) is 2. The first-order chi connectivity index (χ1) is 12.2. The molecule has 2 N–H and O–H groups in total. The fourth-order valence-corrected chi connectivity index (χ4v) is 4.07. The summed E-state index contributed by atoms with van der Waals surface area (Å²) in [4.78, 5) is 16.7. The van der Waals surface area contributed by atoms with Crippen molar-refractivity contribution in [2.24, 2.45) is 5.92 Å². The predicted octanol–water partition coefficient (Wildman–Crippen LogP) is 2.58. The van der Waals surface area contributed by atoms with E-state index in [-0.39, 0.29) is 18.7 Å². The van der Waals surface area contributed by atoms with Crippen molar-refractivity contribution in [2.45, 2.75) is 51.7 Å². The van der Waals surface area contributed by atoms with Crippen LogP contribution in [0.15, 0.2) is 24.3 Å². The summed E-state index contributed by atoms with van der Waals surface area (Å²) >= 11 is 0. The van der Waals surface area contributed by atoms with Gasteiger partial charge in [0.15, 0.2) is 0 Å². The molecule has 0 aliphatic carbocycles. The molecule has 2 aliphatic heterocycles. The van der Waals surface area contributed by atoms with Gasteiger partial charge in [-0.05, 0) is 49.3 Å². The molecule has 138 valence electrons. The topological polar surface area (TPSA) is 55.8 Å². The summed E-state index contributed by atoms with van der Waals surface area (Å²) in [6, 6.07) is 8.64. The standard InChI is InChI=1S/C20H31N3O2/c1-16-6-4-11-23(13-16)20(25)21-12-17-7-2-3-8-18(17)14-22-10-5-9-19(22)15-24/h2-3,7-8,16,19,24H,4-6,9-15H2,1H3,(H,21,25)/t16-,19-/m1/s1. The van der Waals surface area contributed by atoms with Gasteiger partial charge in [-0.3, -0.25) is 4.90 Å². The van der Waals surface area contributed by atoms with Gasteiger partial charge >= 0.3 is 6.03 Å². The van der Waals surface area contributed by atoms with E-state index in [2.05, 4.69) is 35.3 Å². The number of benzene rings is 1. The van der Waals surface area contributed by atoms with Crippen LogP contribution in [0.1, 0.15) is 43.7 Å². The number of piperidine rings is 1. The molecule has 0 spiro atoms. The second kappa shape index (κ2) is 8.68. The lowest BCUT2D eigenvalue weighted by atomic mass is 10.0. The fourth-order valence-electron chi connectivity index (χ4n) is 4.07. The Hall–Kier alpha value is -1.59. The molecule has 2 heterocycles. The first kappa shape index (κ1) is 18.2. The van der Waals surface area contributed by atoms with Crippen LogP contribution in [0.2, 0.25) is 0 Å². The van der Waals surface area contributed by atoms with Crippen LogP contribution >= 0.6 is 0 Å². The number of amides is 2. The van der Waals surface area contributed by atoms with Crippen molar-refractivity contribution in [2.75, 3.05) is 26.2 Å². The molecular weight excluding hydrogens is 314 g/mol. The Morgan fingerprint density at radius 1 is 1.20 bits per heavy atom. The smallest absolute Gasteiger partial charge is 0.317 e. The second-order valence-electron chi connectivity index (χ2n) is 7.57. The molecule has 0 radical (unpaired) electrons. The SMILES string of the molecule is C[C@@H]1CCCN(C(=O)NCc2ccccc2CN2CCC[C@@H]2CO)C1. The third kappa shape index (κ3) is 4.73. The van der Waals surface area contributed by atoms with Gasteiger partial charge in [-0.1, -0.05) is 31.2 Å². The fraction of sp³-hybridized carbons (Fsp3) is 0.650. The molecule has 0 aromatic heterocycles. The maximum absolute atomic E-state index is 12.4. The van der Waals surface area contributed by atoms with E-state index in [0.717, 1.165) is 45.4 Å². The predicted molar refractivity (Wildman–Crippen MR) is 99.2 cm³/mol. The number of aliphatic hydroxyl groups excluding tert-OH is 1. The van der Waals surface area contributed by atoms with E-state index in [9.17, 15) is 9.90 Å². The summed E-state index contributed by atoms with van der Waals surface area (Å²) in [5.74, 6) is 0.595. The van der Waals surface area contributed by atoms with Gasteiger partial charge in [0.2, 0.25) is 0 Å². The van der Waals surface area contributed by atoms with Crippen molar-refractivity contribution in [1.82, 2.24) is 15.1 Å². The quantitative estimate of drug-likeness (QED) is 0.862. The number of nitrogens with zero attached hydrogens (tertiary/aromatic N) is 2. The van der Waals surface area contributed by atoms with Crippen molar-refractivity contribution >= 4 is 6.03 Å².